The van der Waals surface area contributed by atoms with Gasteiger partial charge in [0.1, 0.15) is 5.78 Å². The van der Waals surface area contributed by atoms with Crippen molar-refractivity contribution in [3.63, 3.8) is 0 Å². The predicted octanol–water partition coefficient (Wildman–Crippen LogP) is 4.42. The Kier molecular flexibility index (Phi) is 3.15. The smallest absolute Gasteiger partial charge is 0.133 e. The third-order valence-corrected chi connectivity index (χ3v) is 4.61. The standard InChI is InChI=1S/C13H14BrClO/c1-8-5-10(12(15)6-11(8)14)13(2)4-3-9(16)7-13/h5-6H,3-4,7H2,1-2H3. The van der Waals surface area contributed by atoms with Crippen molar-refractivity contribution in [1.29, 1.82) is 0 Å². The van der Waals surface area contributed by atoms with E-state index in [1.54, 1.807) is 0 Å². The summed E-state index contributed by atoms with van der Waals surface area (Å²) in [6.45, 7) is 4.18. The molecule has 1 aliphatic carbocycles. The van der Waals surface area contributed by atoms with Crippen molar-refractivity contribution in [1.82, 2.24) is 0 Å². The van der Waals surface area contributed by atoms with Gasteiger partial charge in [-0.2, -0.15) is 0 Å². The summed E-state index contributed by atoms with van der Waals surface area (Å²) in [5.74, 6) is 0.346. The topological polar surface area (TPSA) is 17.1 Å². The monoisotopic (exact) mass is 300 g/mol. The average Bonchev–Trinajstić information content (AvgIpc) is 2.53. The van der Waals surface area contributed by atoms with Crippen LogP contribution in [0.5, 0.6) is 0 Å². The van der Waals surface area contributed by atoms with Gasteiger partial charge in [-0.05, 0) is 30.5 Å². The Morgan fingerprint density at radius 2 is 2.12 bits per heavy atom. The van der Waals surface area contributed by atoms with Crippen LogP contribution in [0.2, 0.25) is 5.02 Å². The molecular weight excluding hydrogens is 287 g/mol. The molecule has 0 bridgehead atoms. The fraction of sp³-hybridized carbons (Fsp3) is 0.462. The Labute approximate surface area is 109 Å². The van der Waals surface area contributed by atoms with E-state index in [0.29, 0.717) is 18.6 Å². The zero-order valence-electron chi connectivity index (χ0n) is 9.44. The van der Waals surface area contributed by atoms with Crippen LogP contribution in [0.15, 0.2) is 16.6 Å². The van der Waals surface area contributed by atoms with Crippen molar-refractivity contribution in [2.45, 2.75) is 38.5 Å². The molecule has 0 heterocycles. The highest BCUT2D eigenvalue weighted by Gasteiger charge is 2.37. The number of hydrogen-bond acceptors (Lipinski definition) is 1. The fourth-order valence-electron chi connectivity index (χ4n) is 2.38. The lowest BCUT2D eigenvalue weighted by Gasteiger charge is -2.25. The molecule has 0 saturated heterocycles. The SMILES string of the molecule is Cc1cc(C2(C)CCC(=O)C2)c(Cl)cc1Br. The van der Waals surface area contributed by atoms with Gasteiger partial charge in [-0.3, -0.25) is 4.79 Å². The lowest BCUT2D eigenvalue weighted by atomic mass is 9.80. The van der Waals surface area contributed by atoms with E-state index in [-0.39, 0.29) is 5.41 Å². The number of ketones is 1. The fourth-order valence-corrected chi connectivity index (χ4v) is 3.24. The number of benzene rings is 1. The molecule has 0 aliphatic heterocycles. The van der Waals surface area contributed by atoms with Gasteiger partial charge >= 0.3 is 0 Å². The van der Waals surface area contributed by atoms with Crippen LogP contribution >= 0.6 is 27.5 Å². The first-order chi connectivity index (χ1) is 7.42. The van der Waals surface area contributed by atoms with Crippen LogP contribution in [0.1, 0.15) is 37.3 Å². The second-order valence-electron chi connectivity index (χ2n) is 4.86. The molecule has 0 N–H and O–H groups in total. The van der Waals surface area contributed by atoms with Crippen molar-refractivity contribution in [3.8, 4) is 0 Å². The third kappa shape index (κ3) is 2.05. The van der Waals surface area contributed by atoms with E-state index >= 15 is 0 Å². The van der Waals surface area contributed by atoms with Crippen LogP contribution in [0, 0.1) is 6.92 Å². The predicted molar refractivity (Wildman–Crippen MR) is 70.1 cm³/mol. The van der Waals surface area contributed by atoms with Crippen molar-refractivity contribution in [3.05, 3.63) is 32.8 Å². The Bertz CT molecular complexity index is 455. The first kappa shape index (κ1) is 12.1. The molecule has 1 aliphatic rings. The molecule has 0 amide bonds. The summed E-state index contributed by atoms with van der Waals surface area (Å²) < 4.78 is 1.02. The van der Waals surface area contributed by atoms with E-state index in [1.807, 2.05) is 13.0 Å². The Balaban J connectivity index is 2.48. The molecule has 3 heteroatoms. The van der Waals surface area contributed by atoms with E-state index in [9.17, 15) is 4.79 Å². The average molecular weight is 302 g/mol. The van der Waals surface area contributed by atoms with E-state index in [1.165, 1.54) is 5.56 Å². The van der Waals surface area contributed by atoms with Gasteiger partial charge in [-0.15, -0.1) is 0 Å². The molecule has 1 aromatic carbocycles. The zero-order chi connectivity index (χ0) is 11.9. The number of carbonyl (C=O) groups excluding carboxylic acids is 1. The number of aryl methyl sites for hydroxylation is 1. The van der Waals surface area contributed by atoms with Gasteiger partial charge in [-0.1, -0.05) is 40.5 Å². The van der Waals surface area contributed by atoms with E-state index < -0.39 is 0 Å². The first-order valence-electron chi connectivity index (χ1n) is 5.40. The van der Waals surface area contributed by atoms with Crippen LogP contribution in [0.4, 0.5) is 0 Å². The largest absolute Gasteiger partial charge is 0.300 e. The summed E-state index contributed by atoms with van der Waals surface area (Å²) in [4.78, 5) is 11.4. The quantitative estimate of drug-likeness (QED) is 0.750. The Morgan fingerprint density at radius 1 is 1.44 bits per heavy atom. The van der Waals surface area contributed by atoms with Crippen molar-refractivity contribution in [2.24, 2.45) is 0 Å². The zero-order valence-corrected chi connectivity index (χ0v) is 11.8. The maximum atomic E-state index is 11.4. The van der Waals surface area contributed by atoms with Gasteiger partial charge in [-0.25, -0.2) is 0 Å². The summed E-state index contributed by atoms with van der Waals surface area (Å²) in [5, 5.41) is 0.759. The second kappa shape index (κ2) is 4.15. The van der Waals surface area contributed by atoms with E-state index in [2.05, 4.69) is 28.9 Å². The van der Waals surface area contributed by atoms with Gasteiger partial charge < -0.3 is 0 Å². The van der Waals surface area contributed by atoms with E-state index in [4.69, 9.17) is 11.6 Å². The van der Waals surface area contributed by atoms with Crippen LogP contribution in [-0.2, 0) is 10.2 Å². The molecule has 16 heavy (non-hydrogen) atoms. The molecular formula is C13H14BrClO. The molecule has 1 nitrogen and oxygen atoms in total. The highest BCUT2D eigenvalue weighted by Crippen LogP contribution is 2.43. The minimum Gasteiger partial charge on any atom is -0.300 e. The lowest BCUT2D eigenvalue weighted by molar-refractivity contribution is -0.117. The van der Waals surface area contributed by atoms with Gasteiger partial charge in [0.2, 0.25) is 0 Å². The van der Waals surface area contributed by atoms with Gasteiger partial charge in [0.15, 0.2) is 0 Å². The Morgan fingerprint density at radius 3 is 2.69 bits per heavy atom. The maximum Gasteiger partial charge on any atom is 0.133 e. The van der Waals surface area contributed by atoms with E-state index in [0.717, 1.165) is 21.5 Å². The highest BCUT2D eigenvalue weighted by atomic mass is 79.9. The van der Waals surface area contributed by atoms with Crippen LogP contribution < -0.4 is 0 Å². The molecule has 1 fully saturated rings. The van der Waals surface area contributed by atoms with Crippen molar-refractivity contribution >= 4 is 33.3 Å². The van der Waals surface area contributed by atoms with Crippen LogP contribution in [-0.4, -0.2) is 5.78 Å². The lowest BCUT2D eigenvalue weighted by Crippen LogP contribution is -2.18. The molecule has 0 spiro atoms. The summed E-state index contributed by atoms with van der Waals surface area (Å²) in [7, 11) is 0. The van der Waals surface area contributed by atoms with Gasteiger partial charge in [0.05, 0.1) is 0 Å². The first-order valence-corrected chi connectivity index (χ1v) is 6.57. The molecule has 0 aromatic heterocycles. The minimum atomic E-state index is -0.0698. The molecule has 1 unspecified atom stereocenters. The summed E-state index contributed by atoms with van der Waals surface area (Å²) in [6.07, 6.45) is 2.21. The maximum absolute atomic E-state index is 11.4. The number of rotatable bonds is 1. The van der Waals surface area contributed by atoms with Crippen LogP contribution in [0.3, 0.4) is 0 Å². The highest BCUT2D eigenvalue weighted by molar-refractivity contribution is 9.10. The number of hydrogen-bond donors (Lipinski definition) is 0. The number of Topliss-reactive ketones (excluding diaryl/α,β-unsaturated/α-hetero) is 1. The molecule has 2 rings (SSSR count). The van der Waals surface area contributed by atoms with Gasteiger partial charge in [0, 0.05) is 27.8 Å². The third-order valence-electron chi connectivity index (χ3n) is 3.44. The number of halogens is 2. The van der Waals surface area contributed by atoms with Crippen LogP contribution in [0.25, 0.3) is 0 Å². The van der Waals surface area contributed by atoms with Gasteiger partial charge in [0.25, 0.3) is 0 Å². The number of carbonyl (C=O) groups is 1. The minimum absolute atomic E-state index is 0.0698. The normalized spacial score (nSPS) is 25.1. The summed E-state index contributed by atoms with van der Waals surface area (Å²) in [6, 6.07) is 4.03. The molecule has 0 radical (unpaired) electrons. The Hall–Kier alpha value is -0.340. The molecule has 1 aromatic rings. The second-order valence-corrected chi connectivity index (χ2v) is 6.12. The summed E-state index contributed by atoms with van der Waals surface area (Å²) >= 11 is 9.74. The van der Waals surface area contributed by atoms with Crippen molar-refractivity contribution < 1.29 is 4.79 Å². The van der Waals surface area contributed by atoms with Crippen molar-refractivity contribution in [2.75, 3.05) is 0 Å². The molecule has 86 valence electrons. The molecule has 1 atom stereocenters. The molecule has 1 saturated carbocycles. The summed E-state index contributed by atoms with van der Waals surface area (Å²) in [5.41, 5.74) is 2.21.